The van der Waals surface area contributed by atoms with E-state index in [0.717, 1.165) is 12.0 Å². The van der Waals surface area contributed by atoms with Crippen LogP contribution in [-0.2, 0) is 20.7 Å². The van der Waals surface area contributed by atoms with Crippen LogP contribution in [0.25, 0.3) is 0 Å². The van der Waals surface area contributed by atoms with Crippen LogP contribution in [0.3, 0.4) is 0 Å². The summed E-state index contributed by atoms with van der Waals surface area (Å²) in [4.78, 5) is 12.2. The van der Waals surface area contributed by atoms with E-state index in [9.17, 15) is 9.90 Å². The Bertz CT molecular complexity index is 454. The Kier molecular flexibility index (Phi) is 7.96. The van der Waals surface area contributed by atoms with Crippen molar-refractivity contribution in [3.8, 4) is 5.75 Å². The maximum absolute atomic E-state index is 12.2. The van der Waals surface area contributed by atoms with Crippen LogP contribution >= 0.6 is 0 Å². The van der Waals surface area contributed by atoms with E-state index >= 15 is 0 Å². The molecular formula is C18H28O4. The van der Waals surface area contributed by atoms with E-state index in [-0.39, 0.29) is 11.7 Å². The molecule has 124 valence electrons. The minimum atomic E-state index is -0.626. The van der Waals surface area contributed by atoms with Gasteiger partial charge in [0.25, 0.3) is 0 Å². The first-order valence-corrected chi connectivity index (χ1v) is 7.94. The molecule has 1 rings (SSSR count). The average molecular weight is 308 g/mol. The van der Waals surface area contributed by atoms with Gasteiger partial charge in [-0.05, 0) is 36.0 Å². The van der Waals surface area contributed by atoms with Crippen molar-refractivity contribution in [3.63, 3.8) is 0 Å². The number of hydrogen-bond acceptors (Lipinski definition) is 4. The average Bonchev–Trinajstić information content (AvgIpc) is 2.43. The first-order chi connectivity index (χ1) is 10.4. The number of hydrogen-bond donors (Lipinski definition) is 1. The zero-order chi connectivity index (χ0) is 16.5. The molecule has 0 amide bonds. The van der Waals surface area contributed by atoms with Gasteiger partial charge in [-0.25, -0.2) is 4.79 Å². The Morgan fingerprint density at radius 2 is 1.91 bits per heavy atom. The smallest absolute Gasteiger partial charge is 0.335 e. The monoisotopic (exact) mass is 308 g/mol. The number of aromatic hydroxyl groups is 1. The predicted octanol–water partition coefficient (Wildman–Crippen LogP) is 3.57. The van der Waals surface area contributed by atoms with Crippen molar-refractivity contribution in [1.29, 1.82) is 0 Å². The second kappa shape index (κ2) is 9.46. The number of benzene rings is 1. The van der Waals surface area contributed by atoms with Gasteiger partial charge in [-0.1, -0.05) is 39.8 Å². The zero-order valence-electron chi connectivity index (χ0n) is 14.0. The summed E-state index contributed by atoms with van der Waals surface area (Å²) < 4.78 is 11.0. The molecule has 0 saturated carbocycles. The number of ether oxygens (including phenoxy) is 2. The Labute approximate surface area is 133 Å². The molecule has 0 bridgehead atoms. The summed E-state index contributed by atoms with van der Waals surface area (Å²) in [6, 6.07) is 6.88. The van der Waals surface area contributed by atoms with Gasteiger partial charge in [0, 0.05) is 13.0 Å². The molecule has 0 radical (unpaired) electrons. The molecule has 0 heterocycles. The lowest BCUT2D eigenvalue weighted by Gasteiger charge is -2.18. The van der Waals surface area contributed by atoms with Crippen molar-refractivity contribution in [2.75, 3.05) is 13.2 Å². The van der Waals surface area contributed by atoms with E-state index in [0.29, 0.717) is 31.5 Å². The fraction of sp³-hybridized carbons (Fsp3) is 0.611. The van der Waals surface area contributed by atoms with Gasteiger partial charge in [-0.15, -0.1) is 0 Å². The molecule has 0 aliphatic rings. The molecule has 1 atom stereocenters. The second-order valence-corrected chi connectivity index (χ2v) is 6.44. The lowest BCUT2D eigenvalue weighted by molar-refractivity contribution is -0.158. The van der Waals surface area contributed by atoms with Crippen LogP contribution < -0.4 is 0 Å². The van der Waals surface area contributed by atoms with Crippen molar-refractivity contribution in [3.05, 3.63) is 29.8 Å². The summed E-state index contributed by atoms with van der Waals surface area (Å²) in [5.74, 6) is 0.670. The van der Waals surface area contributed by atoms with Crippen molar-refractivity contribution in [1.82, 2.24) is 0 Å². The van der Waals surface area contributed by atoms with Crippen LogP contribution in [0.4, 0.5) is 0 Å². The van der Waals surface area contributed by atoms with Gasteiger partial charge in [0.15, 0.2) is 6.10 Å². The predicted molar refractivity (Wildman–Crippen MR) is 86.8 cm³/mol. The van der Waals surface area contributed by atoms with E-state index in [1.165, 1.54) is 0 Å². The highest BCUT2D eigenvalue weighted by atomic mass is 16.6. The molecule has 0 fully saturated rings. The van der Waals surface area contributed by atoms with Gasteiger partial charge >= 0.3 is 5.97 Å². The molecule has 4 nitrogen and oxygen atoms in total. The van der Waals surface area contributed by atoms with Gasteiger partial charge in [0.1, 0.15) is 5.75 Å². The lowest BCUT2D eigenvalue weighted by atomic mass is 10.1. The second-order valence-electron chi connectivity index (χ2n) is 6.44. The zero-order valence-corrected chi connectivity index (χ0v) is 14.0. The summed E-state index contributed by atoms with van der Waals surface area (Å²) >= 11 is 0. The van der Waals surface area contributed by atoms with Crippen molar-refractivity contribution >= 4 is 5.97 Å². The van der Waals surface area contributed by atoms with Gasteiger partial charge in [0.2, 0.25) is 0 Å². The highest BCUT2D eigenvalue weighted by molar-refractivity contribution is 5.75. The summed E-state index contributed by atoms with van der Waals surface area (Å²) in [5, 5.41) is 9.53. The van der Waals surface area contributed by atoms with E-state index in [1.807, 2.05) is 19.9 Å². The molecule has 1 aromatic carbocycles. The summed E-state index contributed by atoms with van der Waals surface area (Å²) in [5.41, 5.74) is 0.857. The third-order valence-electron chi connectivity index (χ3n) is 3.17. The topological polar surface area (TPSA) is 55.8 Å². The van der Waals surface area contributed by atoms with Gasteiger partial charge < -0.3 is 14.6 Å². The van der Waals surface area contributed by atoms with Crippen molar-refractivity contribution < 1.29 is 19.4 Å². The quantitative estimate of drug-likeness (QED) is 0.709. The SMILES string of the molecule is CC(C)CCOC(Cc1cccc(O)c1)C(=O)OCC(C)C. The summed E-state index contributed by atoms with van der Waals surface area (Å²) in [6.07, 6.45) is 0.677. The molecule has 1 unspecified atom stereocenters. The van der Waals surface area contributed by atoms with E-state index in [2.05, 4.69) is 13.8 Å². The molecular weight excluding hydrogens is 280 g/mol. The molecule has 0 saturated heterocycles. The molecule has 1 aromatic rings. The van der Waals surface area contributed by atoms with Gasteiger partial charge in [-0.3, -0.25) is 0 Å². The molecule has 0 spiro atoms. The van der Waals surface area contributed by atoms with Crippen LogP contribution in [0.15, 0.2) is 24.3 Å². The number of esters is 1. The van der Waals surface area contributed by atoms with Crippen LogP contribution in [0, 0.1) is 11.8 Å². The Morgan fingerprint density at radius 1 is 1.18 bits per heavy atom. The normalized spacial score (nSPS) is 12.6. The Morgan fingerprint density at radius 3 is 2.50 bits per heavy atom. The molecule has 4 heteroatoms. The summed E-state index contributed by atoms with van der Waals surface area (Å²) in [6.45, 7) is 9.14. The van der Waals surface area contributed by atoms with Crippen LogP contribution in [0.5, 0.6) is 5.75 Å². The number of rotatable bonds is 9. The third-order valence-corrected chi connectivity index (χ3v) is 3.17. The fourth-order valence-electron chi connectivity index (χ4n) is 1.90. The highest BCUT2D eigenvalue weighted by Crippen LogP contribution is 2.15. The standard InChI is InChI=1S/C18H28O4/c1-13(2)8-9-21-17(18(20)22-12-14(3)4)11-15-6-5-7-16(19)10-15/h5-7,10,13-14,17,19H,8-9,11-12H2,1-4H3. The number of phenols is 1. The number of phenolic OH excluding ortho intramolecular Hbond substituents is 1. The summed E-state index contributed by atoms with van der Waals surface area (Å²) in [7, 11) is 0. The maximum atomic E-state index is 12.2. The van der Waals surface area contributed by atoms with Gasteiger partial charge in [0.05, 0.1) is 6.61 Å². The van der Waals surface area contributed by atoms with Gasteiger partial charge in [-0.2, -0.15) is 0 Å². The minimum Gasteiger partial charge on any atom is -0.508 e. The van der Waals surface area contributed by atoms with Crippen LogP contribution in [0.2, 0.25) is 0 Å². The largest absolute Gasteiger partial charge is 0.508 e. The first kappa shape index (κ1) is 18.5. The lowest BCUT2D eigenvalue weighted by Crippen LogP contribution is -2.30. The molecule has 0 aliphatic heterocycles. The fourth-order valence-corrected chi connectivity index (χ4v) is 1.90. The van der Waals surface area contributed by atoms with Crippen molar-refractivity contribution in [2.45, 2.75) is 46.6 Å². The van der Waals surface area contributed by atoms with E-state index < -0.39 is 6.10 Å². The Balaban J connectivity index is 2.65. The molecule has 1 N–H and O–H groups in total. The molecule has 0 aliphatic carbocycles. The maximum Gasteiger partial charge on any atom is 0.335 e. The highest BCUT2D eigenvalue weighted by Gasteiger charge is 2.22. The minimum absolute atomic E-state index is 0.189. The van der Waals surface area contributed by atoms with E-state index in [1.54, 1.807) is 18.2 Å². The van der Waals surface area contributed by atoms with Crippen LogP contribution in [-0.4, -0.2) is 30.4 Å². The van der Waals surface area contributed by atoms with Crippen LogP contribution in [0.1, 0.15) is 39.7 Å². The first-order valence-electron chi connectivity index (χ1n) is 7.94. The Hall–Kier alpha value is -1.55. The van der Waals surface area contributed by atoms with Crippen molar-refractivity contribution in [2.24, 2.45) is 11.8 Å². The number of carbonyl (C=O) groups is 1. The third kappa shape index (κ3) is 7.46. The number of carbonyl (C=O) groups excluding carboxylic acids is 1. The molecule has 0 aromatic heterocycles. The van der Waals surface area contributed by atoms with E-state index in [4.69, 9.17) is 9.47 Å². The molecule has 22 heavy (non-hydrogen) atoms.